The second-order valence-corrected chi connectivity index (χ2v) is 11.0. The number of benzene rings is 1. The molecule has 1 saturated heterocycles. The molecule has 4 rings (SSSR count). The molecule has 3 heterocycles. The van der Waals surface area contributed by atoms with Crippen LogP contribution >= 0.6 is 11.6 Å². The van der Waals surface area contributed by atoms with Crippen molar-refractivity contribution in [2.45, 2.75) is 19.1 Å². The van der Waals surface area contributed by atoms with E-state index in [1.54, 1.807) is 18.7 Å². The molecule has 0 aliphatic carbocycles. The van der Waals surface area contributed by atoms with Gasteiger partial charge in [-0.2, -0.15) is 14.1 Å². The second-order valence-electron chi connectivity index (χ2n) is 8.09. The standard InChI is InChI=1S/C22H22ClF2N5O3S/c1-14(2)34(32,33)29-7-5-28(6-8-29)19-13-27-30(20-11-16(23)3-4-26-20)22(31)21(19)15-9-17(24)12-18(25)10-15/h3-4,9-14H,5-8H2,1-2H3. The molecule has 0 spiro atoms. The Bertz CT molecular complexity index is 1370. The van der Waals surface area contributed by atoms with E-state index in [0.717, 1.165) is 22.9 Å². The molecule has 0 amide bonds. The summed E-state index contributed by atoms with van der Waals surface area (Å²) in [6, 6.07) is 5.84. The Kier molecular flexibility index (Phi) is 6.70. The number of piperazine rings is 1. The molecular weight excluding hydrogens is 488 g/mol. The summed E-state index contributed by atoms with van der Waals surface area (Å²) in [6.07, 6.45) is 2.82. The van der Waals surface area contributed by atoms with E-state index in [0.29, 0.717) is 10.7 Å². The summed E-state index contributed by atoms with van der Waals surface area (Å²) in [6.45, 7) is 4.19. The zero-order valence-electron chi connectivity index (χ0n) is 18.5. The summed E-state index contributed by atoms with van der Waals surface area (Å²) in [5, 5.41) is 4.00. The van der Waals surface area contributed by atoms with Gasteiger partial charge < -0.3 is 4.90 Å². The van der Waals surface area contributed by atoms with Crippen LogP contribution in [0.4, 0.5) is 14.5 Å². The van der Waals surface area contributed by atoms with Crippen molar-refractivity contribution in [3.63, 3.8) is 0 Å². The van der Waals surface area contributed by atoms with Gasteiger partial charge in [-0.25, -0.2) is 22.2 Å². The van der Waals surface area contributed by atoms with Crippen molar-refractivity contribution in [2.24, 2.45) is 0 Å². The highest BCUT2D eigenvalue weighted by molar-refractivity contribution is 7.89. The Labute approximate surface area is 200 Å². The van der Waals surface area contributed by atoms with Gasteiger partial charge in [-0.3, -0.25) is 4.79 Å². The number of hydrogen-bond acceptors (Lipinski definition) is 6. The average molecular weight is 510 g/mol. The zero-order valence-corrected chi connectivity index (χ0v) is 20.0. The fourth-order valence-electron chi connectivity index (χ4n) is 3.81. The van der Waals surface area contributed by atoms with Gasteiger partial charge in [0.2, 0.25) is 10.0 Å². The molecule has 0 bridgehead atoms. The first-order chi connectivity index (χ1) is 16.1. The number of hydrogen-bond donors (Lipinski definition) is 0. The maximum absolute atomic E-state index is 14.1. The topological polar surface area (TPSA) is 88.4 Å². The number of rotatable bonds is 5. The van der Waals surface area contributed by atoms with Crippen molar-refractivity contribution in [1.82, 2.24) is 19.1 Å². The van der Waals surface area contributed by atoms with Crippen LogP contribution in [0.1, 0.15) is 13.8 Å². The van der Waals surface area contributed by atoms with Crippen LogP contribution in [0.2, 0.25) is 5.02 Å². The number of aromatic nitrogens is 3. The fraction of sp³-hybridized carbons (Fsp3) is 0.318. The van der Waals surface area contributed by atoms with Crippen LogP contribution < -0.4 is 10.5 Å². The number of nitrogens with zero attached hydrogens (tertiary/aromatic N) is 5. The van der Waals surface area contributed by atoms with E-state index in [2.05, 4.69) is 10.1 Å². The van der Waals surface area contributed by atoms with Gasteiger partial charge >= 0.3 is 0 Å². The van der Waals surface area contributed by atoms with Crippen molar-refractivity contribution < 1.29 is 17.2 Å². The molecule has 1 aliphatic rings. The third-order valence-corrected chi connectivity index (χ3v) is 8.08. The lowest BCUT2D eigenvalue weighted by molar-refractivity contribution is 0.381. The lowest BCUT2D eigenvalue weighted by Gasteiger charge is -2.36. The van der Waals surface area contributed by atoms with E-state index in [1.807, 2.05) is 0 Å². The molecule has 0 unspecified atom stereocenters. The van der Waals surface area contributed by atoms with Gasteiger partial charge in [0.25, 0.3) is 5.56 Å². The molecule has 0 radical (unpaired) electrons. The summed E-state index contributed by atoms with van der Waals surface area (Å²) in [5.41, 5.74) is -0.243. The molecule has 34 heavy (non-hydrogen) atoms. The van der Waals surface area contributed by atoms with Crippen LogP contribution in [-0.4, -0.2) is 58.9 Å². The summed E-state index contributed by atoms with van der Waals surface area (Å²) >= 11 is 6.03. The predicted molar refractivity (Wildman–Crippen MR) is 126 cm³/mol. The van der Waals surface area contributed by atoms with Gasteiger partial charge in [0.15, 0.2) is 5.82 Å². The van der Waals surface area contributed by atoms with E-state index in [1.165, 1.54) is 28.8 Å². The number of anilines is 1. The minimum atomic E-state index is -3.43. The van der Waals surface area contributed by atoms with Gasteiger partial charge in [-0.15, -0.1) is 0 Å². The van der Waals surface area contributed by atoms with E-state index >= 15 is 0 Å². The minimum absolute atomic E-state index is 0.0235. The molecular formula is C22H22ClF2N5O3S. The van der Waals surface area contributed by atoms with Gasteiger partial charge in [0, 0.05) is 49.5 Å². The lowest BCUT2D eigenvalue weighted by atomic mass is 10.0. The first-order valence-electron chi connectivity index (χ1n) is 10.5. The first-order valence-corrected chi connectivity index (χ1v) is 12.4. The van der Waals surface area contributed by atoms with Gasteiger partial charge in [-0.1, -0.05) is 11.6 Å². The number of sulfonamides is 1. The van der Waals surface area contributed by atoms with Crippen LogP contribution in [0.25, 0.3) is 16.9 Å². The van der Waals surface area contributed by atoms with E-state index in [9.17, 15) is 22.0 Å². The molecule has 3 aromatic rings. The van der Waals surface area contributed by atoms with Crippen molar-refractivity contribution in [1.29, 1.82) is 0 Å². The highest BCUT2D eigenvalue weighted by Gasteiger charge is 2.31. The quantitative estimate of drug-likeness (QED) is 0.525. The molecule has 12 heteroatoms. The summed E-state index contributed by atoms with van der Waals surface area (Å²) in [7, 11) is -3.43. The molecule has 0 saturated carbocycles. The summed E-state index contributed by atoms with van der Waals surface area (Å²) < 4.78 is 55.6. The van der Waals surface area contributed by atoms with Gasteiger partial charge in [-0.05, 0) is 37.6 Å². The van der Waals surface area contributed by atoms with Gasteiger partial charge in [0.1, 0.15) is 11.6 Å². The third kappa shape index (κ3) is 4.68. The molecule has 1 fully saturated rings. The summed E-state index contributed by atoms with van der Waals surface area (Å²) in [4.78, 5) is 19.4. The van der Waals surface area contributed by atoms with Crippen molar-refractivity contribution in [3.05, 3.63) is 69.7 Å². The van der Waals surface area contributed by atoms with Crippen LogP contribution in [0, 0.1) is 11.6 Å². The predicted octanol–water partition coefficient (Wildman–Crippen LogP) is 3.09. The zero-order chi connectivity index (χ0) is 24.6. The Morgan fingerprint density at radius 2 is 1.68 bits per heavy atom. The Morgan fingerprint density at radius 1 is 1.03 bits per heavy atom. The third-order valence-electron chi connectivity index (χ3n) is 5.57. The highest BCUT2D eigenvalue weighted by atomic mass is 35.5. The minimum Gasteiger partial charge on any atom is -0.367 e. The van der Waals surface area contributed by atoms with Gasteiger partial charge in [0.05, 0.1) is 22.7 Å². The smallest absolute Gasteiger partial charge is 0.282 e. The highest BCUT2D eigenvalue weighted by Crippen LogP contribution is 2.30. The number of pyridine rings is 1. The molecule has 1 aliphatic heterocycles. The average Bonchev–Trinajstić information content (AvgIpc) is 2.78. The molecule has 180 valence electrons. The van der Waals surface area contributed by atoms with E-state index in [4.69, 9.17) is 11.6 Å². The van der Waals surface area contributed by atoms with E-state index < -0.39 is 32.5 Å². The Balaban J connectivity index is 1.81. The Morgan fingerprint density at radius 3 is 2.26 bits per heavy atom. The second kappa shape index (κ2) is 9.40. The van der Waals surface area contributed by atoms with Crippen LogP contribution in [0.3, 0.4) is 0 Å². The van der Waals surface area contributed by atoms with Crippen LogP contribution in [-0.2, 0) is 10.0 Å². The van der Waals surface area contributed by atoms with Crippen molar-refractivity contribution in [3.8, 4) is 16.9 Å². The molecule has 8 nitrogen and oxygen atoms in total. The molecule has 0 N–H and O–H groups in total. The monoisotopic (exact) mass is 509 g/mol. The normalized spacial score (nSPS) is 15.2. The van der Waals surface area contributed by atoms with Crippen LogP contribution in [0.15, 0.2) is 47.5 Å². The van der Waals surface area contributed by atoms with Crippen molar-refractivity contribution in [2.75, 3.05) is 31.1 Å². The van der Waals surface area contributed by atoms with E-state index in [-0.39, 0.29) is 43.1 Å². The molecule has 2 aromatic heterocycles. The fourth-order valence-corrected chi connectivity index (χ4v) is 5.23. The Hall–Kier alpha value is -2.89. The molecule has 0 atom stereocenters. The largest absolute Gasteiger partial charge is 0.367 e. The maximum Gasteiger partial charge on any atom is 0.282 e. The van der Waals surface area contributed by atoms with Crippen molar-refractivity contribution >= 4 is 27.3 Å². The maximum atomic E-state index is 14.1. The molecule has 1 aromatic carbocycles. The first kappa shape index (κ1) is 24.2. The summed E-state index contributed by atoms with van der Waals surface area (Å²) in [5.74, 6) is -1.52. The number of halogens is 3. The van der Waals surface area contributed by atoms with Crippen LogP contribution in [0.5, 0.6) is 0 Å². The lowest BCUT2D eigenvalue weighted by Crippen LogP contribution is -2.50. The SMILES string of the molecule is CC(C)S(=O)(=O)N1CCN(c2cnn(-c3cc(Cl)ccn3)c(=O)c2-c2cc(F)cc(F)c2)CC1.